The summed E-state index contributed by atoms with van der Waals surface area (Å²) in [5.74, 6) is 0. The van der Waals surface area contributed by atoms with E-state index in [4.69, 9.17) is 5.73 Å². The summed E-state index contributed by atoms with van der Waals surface area (Å²) in [6.45, 7) is 5.04. The van der Waals surface area contributed by atoms with Crippen molar-refractivity contribution in [3.8, 4) is 0 Å². The van der Waals surface area contributed by atoms with Crippen molar-refractivity contribution in [1.29, 1.82) is 0 Å². The highest BCUT2D eigenvalue weighted by Crippen LogP contribution is 2.29. The highest BCUT2D eigenvalue weighted by Gasteiger charge is 2.13. The maximum absolute atomic E-state index is 5.93. The van der Waals surface area contributed by atoms with Crippen LogP contribution in [-0.4, -0.2) is 18.6 Å². The third kappa shape index (κ3) is 3.10. The summed E-state index contributed by atoms with van der Waals surface area (Å²) in [5.41, 5.74) is 7.00. The summed E-state index contributed by atoms with van der Waals surface area (Å²) < 4.78 is 0. The van der Waals surface area contributed by atoms with E-state index in [0.29, 0.717) is 0 Å². The zero-order valence-corrected chi connectivity index (χ0v) is 12.6. The second kappa shape index (κ2) is 5.82. The lowest BCUT2D eigenvalue weighted by Gasteiger charge is -2.14. The van der Waals surface area contributed by atoms with Gasteiger partial charge in [0.15, 0.2) is 5.13 Å². The third-order valence-electron chi connectivity index (χ3n) is 2.84. The molecule has 0 saturated heterocycles. The summed E-state index contributed by atoms with van der Waals surface area (Å²) in [6, 6.07) is 4.35. The minimum atomic E-state index is 0.0712. The fourth-order valence-electron chi connectivity index (χ4n) is 1.81. The molecule has 3 nitrogen and oxygen atoms in total. The summed E-state index contributed by atoms with van der Waals surface area (Å²) >= 11 is 3.52. The van der Waals surface area contributed by atoms with E-state index < -0.39 is 0 Å². The van der Waals surface area contributed by atoms with Gasteiger partial charge < -0.3 is 10.6 Å². The van der Waals surface area contributed by atoms with Gasteiger partial charge in [0.1, 0.15) is 0 Å². The molecule has 2 aromatic rings. The van der Waals surface area contributed by atoms with Gasteiger partial charge in [-0.15, -0.1) is 22.7 Å². The van der Waals surface area contributed by atoms with Crippen molar-refractivity contribution in [2.75, 3.05) is 18.5 Å². The Hall–Kier alpha value is -0.910. The van der Waals surface area contributed by atoms with Gasteiger partial charge >= 0.3 is 0 Å². The minimum absolute atomic E-state index is 0.0712. The van der Waals surface area contributed by atoms with E-state index >= 15 is 0 Å². The Balaban J connectivity index is 2.00. The van der Waals surface area contributed by atoms with E-state index in [2.05, 4.69) is 34.4 Å². The Bertz CT molecular complexity index is 488. The highest BCUT2D eigenvalue weighted by atomic mass is 32.1. The first-order valence-electron chi connectivity index (χ1n) is 6.04. The van der Waals surface area contributed by atoms with Crippen LogP contribution in [0.3, 0.4) is 0 Å². The van der Waals surface area contributed by atoms with Crippen LogP contribution in [0.15, 0.2) is 17.5 Å². The van der Waals surface area contributed by atoms with Gasteiger partial charge in [-0.25, -0.2) is 4.98 Å². The smallest absolute Gasteiger partial charge is 0.185 e. The molecule has 1 atom stereocenters. The molecule has 0 aromatic carbocycles. The summed E-state index contributed by atoms with van der Waals surface area (Å²) in [7, 11) is 2.09. The molecule has 0 aliphatic rings. The molecule has 0 spiro atoms. The highest BCUT2D eigenvalue weighted by molar-refractivity contribution is 7.15. The molecule has 2 aromatic heterocycles. The van der Waals surface area contributed by atoms with E-state index in [1.807, 2.05) is 25.2 Å². The molecular formula is C13H19N3S2. The number of hydrogen-bond donors (Lipinski definition) is 1. The molecule has 2 rings (SSSR count). The summed E-state index contributed by atoms with van der Waals surface area (Å²) in [5, 5.41) is 3.19. The maximum Gasteiger partial charge on any atom is 0.185 e. The molecule has 5 heteroatoms. The summed E-state index contributed by atoms with van der Waals surface area (Å²) in [6.07, 6.45) is 1.07. The Morgan fingerprint density at radius 3 is 2.83 bits per heavy atom. The molecule has 18 heavy (non-hydrogen) atoms. The first-order chi connectivity index (χ1) is 8.58. The van der Waals surface area contributed by atoms with Crippen LogP contribution in [0.1, 0.15) is 28.4 Å². The van der Waals surface area contributed by atoms with Gasteiger partial charge in [-0.2, -0.15) is 0 Å². The average Bonchev–Trinajstić information content (AvgIpc) is 2.94. The first-order valence-corrected chi connectivity index (χ1v) is 7.74. The molecule has 0 radical (unpaired) electrons. The van der Waals surface area contributed by atoms with Gasteiger partial charge in [-0.05, 0) is 31.7 Å². The van der Waals surface area contributed by atoms with Crippen LogP contribution in [0.25, 0.3) is 0 Å². The number of hydrogen-bond acceptors (Lipinski definition) is 5. The molecule has 0 saturated carbocycles. The van der Waals surface area contributed by atoms with Gasteiger partial charge in [-0.3, -0.25) is 0 Å². The van der Waals surface area contributed by atoms with Crippen LogP contribution in [0.5, 0.6) is 0 Å². The van der Waals surface area contributed by atoms with Gasteiger partial charge in [-0.1, -0.05) is 6.07 Å². The van der Waals surface area contributed by atoms with Gasteiger partial charge in [0.2, 0.25) is 0 Å². The number of aryl methyl sites for hydroxylation is 1. The largest absolute Gasteiger partial charge is 0.351 e. The lowest BCUT2D eigenvalue weighted by atomic mass is 10.2. The van der Waals surface area contributed by atoms with Crippen molar-refractivity contribution in [3.63, 3.8) is 0 Å². The van der Waals surface area contributed by atoms with E-state index in [9.17, 15) is 0 Å². The van der Waals surface area contributed by atoms with Crippen molar-refractivity contribution < 1.29 is 0 Å². The number of aromatic nitrogens is 1. The molecule has 0 bridgehead atoms. The van der Waals surface area contributed by atoms with Crippen molar-refractivity contribution in [2.45, 2.75) is 26.3 Å². The predicted molar refractivity (Wildman–Crippen MR) is 80.7 cm³/mol. The molecule has 2 heterocycles. The third-order valence-corrected chi connectivity index (χ3v) is 5.24. The topological polar surface area (TPSA) is 42.2 Å². The van der Waals surface area contributed by atoms with Crippen molar-refractivity contribution in [1.82, 2.24) is 4.98 Å². The fraction of sp³-hybridized carbons (Fsp3) is 0.462. The lowest BCUT2D eigenvalue weighted by molar-refractivity contribution is 0.824. The fourth-order valence-corrected chi connectivity index (χ4v) is 3.51. The Kier molecular flexibility index (Phi) is 4.37. The van der Waals surface area contributed by atoms with Gasteiger partial charge in [0.25, 0.3) is 0 Å². The standard InChI is InChI=1S/C13H19N3S2/c1-9(14)12-10(2)15-13(18-12)16(3)7-6-11-5-4-8-17-11/h4-5,8-9H,6-7,14H2,1-3H3. The molecule has 0 amide bonds. The number of rotatable bonds is 5. The second-order valence-electron chi connectivity index (χ2n) is 4.49. The number of anilines is 1. The van der Waals surface area contributed by atoms with Gasteiger partial charge in [0, 0.05) is 29.4 Å². The molecule has 0 fully saturated rings. The Morgan fingerprint density at radius 1 is 1.50 bits per heavy atom. The number of likely N-dealkylation sites (N-methyl/N-ethyl adjacent to an activating group) is 1. The molecule has 2 N–H and O–H groups in total. The molecule has 0 aliphatic carbocycles. The Morgan fingerprint density at radius 2 is 2.28 bits per heavy atom. The zero-order chi connectivity index (χ0) is 13.1. The first kappa shape index (κ1) is 13.5. The lowest BCUT2D eigenvalue weighted by Crippen LogP contribution is -2.19. The van der Waals surface area contributed by atoms with E-state index in [1.165, 1.54) is 9.75 Å². The maximum atomic E-state index is 5.93. The van der Waals surface area contributed by atoms with E-state index in [-0.39, 0.29) is 6.04 Å². The average molecular weight is 281 g/mol. The van der Waals surface area contributed by atoms with Crippen LogP contribution >= 0.6 is 22.7 Å². The van der Waals surface area contributed by atoms with Gasteiger partial charge in [0.05, 0.1) is 5.69 Å². The molecular weight excluding hydrogens is 262 g/mol. The number of thiazole rings is 1. The number of nitrogens with zero attached hydrogens (tertiary/aromatic N) is 2. The monoisotopic (exact) mass is 281 g/mol. The minimum Gasteiger partial charge on any atom is -0.351 e. The van der Waals surface area contributed by atoms with Crippen LogP contribution in [0, 0.1) is 6.92 Å². The predicted octanol–water partition coefficient (Wildman–Crippen LogP) is 3.21. The van der Waals surface area contributed by atoms with Crippen LogP contribution < -0.4 is 10.6 Å². The summed E-state index contributed by atoms with van der Waals surface area (Å²) in [4.78, 5) is 9.42. The van der Waals surface area contributed by atoms with Crippen LogP contribution in [-0.2, 0) is 6.42 Å². The van der Waals surface area contributed by atoms with Crippen LogP contribution in [0.4, 0.5) is 5.13 Å². The van der Waals surface area contributed by atoms with Crippen LogP contribution in [0.2, 0.25) is 0 Å². The molecule has 98 valence electrons. The van der Waals surface area contributed by atoms with E-state index in [1.54, 1.807) is 11.3 Å². The quantitative estimate of drug-likeness (QED) is 0.915. The SMILES string of the molecule is Cc1nc(N(C)CCc2cccs2)sc1C(C)N. The van der Waals surface area contributed by atoms with Crippen molar-refractivity contribution in [2.24, 2.45) is 5.73 Å². The molecule has 0 aliphatic heterocycles. The normalized spacial score (nSPS) is 12.7. The van der Waals surface area contributed by atoms with Crippen molar-refractivity contribution >= 4 is 27.8 Å². The van der Waals surface area contributed by atoms with E-state index in [0.717, 1.165) is 23.8 Å². The molecule has 1 unspecified atom stereocenters. The number of nitrogens with two attached hydrogens (primary N) is 1. The number of thiophene rings is 1. The van der Waals surface area contributed by atoms with Crippen molar-refractivity contribution in [3.05, 3.63) is 33.0 Å². The Labute approximate surface area is 116 Å². The second-order valence-corrected chi connectivity index (χ2v) is 6.53. The zero-order valence-electron chi connectivity index (χ0n) is 11.0.